The maximum absolute atomic E-state index is 13.3. The second-order valence-corrected chi connectivity index (χ2v) is 8.21. The molecule has 0 spiro atoms. The fourth-order valence-electron chi connectivity index (χ4n) is 3.61. The molecule has 4 rings (SSSR count). The first-order chi connectivity index (χ1) is 14.3. The van der Waals surface area contributed by atoms with E-state index >= 15 is 0 Å². The average molecular weight is 408 g/mol. The molecule has 0 aliphatic carbocycles. The van der Waals surface area contributed by atoms with E-state index in [4.69, 9.17) is 0 Å². The molecule has 2 aromatic heterocycles. The maximum Gasteiger partial charge on any atom is 0.240 e. The van der Waals surface area contributed by atoms with E-state index in [0.717, 1.165) is 61.0 Å². The minimum atomic E-state index is -0.320. The summed E-state index contributed by atoms with van der Waals surface area (Å²) in [5.74, 6) is 0.979. The van der Waals surface area contributed by atoms with E-state index in [1.54, 1.807) is 12.4 Å². The highest BCUT2D eigenvalue weighted by molar-refractivity contribution is 8.00. The van der Waals surface area contributed by atoms with Crippen LogP contribution in [0.4, 0.5) is 0 Å². The molecule has 0 saturated carbocycles. The Hall–Kier alpha value is -2.67. The zero-order chi connectivity index (χ0) is 20.1. The third kappa shape index (κ3) is 4.34. The Bertz CT molecular complexity index is 938. The van der Waals surface area contributed by atoms with Crippen molar-refractivity contribution >= 4 is 17.7 Å². The number of likely N-dealkylation sites (tertiary alicyclic amines) is 1. The van der Waals surface area contributed by atoms with E-state index in [1.165, 1.54) is 11.8 Å². The van der Waals surface area contributed by atoms with E-state index in [9.17, 15) is 4.79 Å². The first-order valence-corrected chi connectivity index (χ1v) is 11.0. The van der Waals surface area contributed by atoms with Gasteiger partial charge < -0.3 is 9.47 Å². The number of benzene rings is 1. The van der Waals surface area contributed by atoms with Crippen LogP contribution in [-0.4, -0.2) is 43.6 Å². The van der Waals surface area contributed by atoms with Crippen molar-refractivity contribution in [2.24, 2.45) is 0 Å². The van der Waals surface area contributed by atoms with Crippen molar-refractivity contribution in [1.82, 2.24) is 24.6 Å². The van der Waals surface area contributed by atoms with E-state index in [2.05, 4.69) is 26.7 Å². The summed E-state index contributed by atoms with van der Waals surface area (Å²) in [4.78, 5) is 19.4. The van der Waals surface area contributed by atoms with Gasteiger partial charge in [-0.1, -0.05) is 49.0 Å². The van der Waals surface area contributed by atoms with Crippen molar-refractivity contribution in [1.29, 1.82) is 0 Å². The summed E-state index contributed by atoms with van der Waals surface area (Å²) < 4.78 is 2.12. The number of carbonyl (C=O) groups excluding carboxylic acids is 1. The standard InChI is InChI=1S/C22H25N5OS/c1-2-14-27-20(18-10-12-23-13-11-18)24-25-22(27)29-19(17-8-4-3-5-9-17)21(28)26-15-6-7-16-26/h3-5,8-13,19H,2,6-7,14-16H2,1H3. The molecule has 1 saturated heterocycles. The number of carbonyl (C=O) groups is 1. The van der Waals surface area contributed by atoms with Crippen LogP contribution in [0.2, 0.25) is 0 Å². The molecular formula is C22H25N5OS. The van der Waals surface area contributed by atoms with Crippen molar-refractivity contribution in [3.8, 4) is 11.4 Å². The van der Waals surface area contributed by atoms with Gasteiger partial charge in [0.25, 0.3) is 0 Å². The molecule has 0 radical (unpaired) electrons. The zero-order valence-corrected chi connectivity index (χ0v) is 17.4. The molecule has 3 heterocycles. The minimum absolute atomic E-state index is 0.162. The Morgan fingerprint density at radius 3 is 2.48 bits per heavy atom. The molecule has 1 aromatic carbocycles. The summed E-state index contributed by atoms with van der Waals surface area (Å²) >= 11 is 1.50. The second kappa shape index (κ2) is 9.22. The van der Waals surface area contributed by atoms with Gasteiger partial charge >= 0.3 is 0 Å². The van der Waals surface area contributed by atoms with E-state index < -0.39 is 0 Å². The van der Waals surface area contributed by atoms with Crippen LogP contribution < -0.4 is 0 Å². The smallest absolute Gasteiger partial charge is 0.240 e. The van der Waals surface area contributed by atoms with E-state index in [1.807, 2.05) is 47.4 Å². The van der Waals surface area contributed by atoms with Gasteiger partial charge in [-0.25, -0.2) is 0 Å². The maximum atomic E-state index is 13.3. The Morgan fingerprint density at radius 1 is 1.07 bits per heavy atom. The molecule has 0 N–H and O–H groups in total. The Morgan fingerprint density at radius 2 is 1.79 bits per heavy atom. The molecule has 0 bridgehead atoms. The van der Waals surface area contributed by atoms with Crippen LogP contribution in [0.25, 0.3) is 11.4 Å². The topological polar surface area (TPSA) is 63.9 Å². The van der Waals surface area contributed by atoms with Gasteiger partial charge in [-0.2, -0.15) is 0 Å². The van der Waals surface area contributed by atoms with Crippen LogP contribution >= 0.6 is 11.8 Å². The minimum Gasteiger partial charge on any atom is -0.341 e. The Labute approximate surface area is 175 Å². The van der Waals surface area contributed by atoms with Gasteiger partial charge in [-0.05, 0) is 37.0 Å². The van der Waals surface area contributed by atoms with Gasteiger partial charge in [0.15, 0.2) is 11.0 Å². The summed E-state index contributed by atoms with van der Waals surface area (Å²) in [7, 11) is 0. The lowest BCUT2D eigenvalue weighted by atomic mass is 10.1. The molecule has 6 nitrogen and oxygen atoms in total. The first kappa shape index (κ1) is 19.6. The summed E-state index contributed by atoms with van der Waals surface area (Å²) in [6.45, 7) is 4.61. The highest BCUT2D eigenvalue weighted by Gasteiger charge is 2.30. The van der Waals surface area contributed by atoms with Crippen molar-refractivity contribution in [3.63, 3.8) is 0 Å². The number of thioether (sulfide) groups is 1. The van der Waals surface area contributed by atoms with Gasteiger partial charge in [0.05, 0.1) is 0 Å². The molecule has 1 amide bonds. The molecule has 7 heteroatoms. The van der Waals surface area contributed by atoms with Crippen LogP contribution in [0.5, 0.6) is 0 Å². The highest BCUT2D eigenvalue weighted by atomic mass is 32.2. The van der Waals surface area contributed by atoms with Crippen molar-refractivity contribution in [2.75, 3.05) is 13.1 Å². The highest BCUT2D eigenvalue weighted by Crippen LogP contribution is 2.38. The number of rotatable bonds is 7. The van der Waals surface area contributed by atoms with Crippen molar-refractivity contribution in [3.05, 3.63) is 60.4 Å². The molecule has 29 heavy (non-hydrogen) atoms. The molecule has 1 unspecified atom stereocenters. The lowest BCUT2D eigenvalue weighted by Crippen LogP contribution is -2.31. The lowest BCUT2D eigenvalue weighted by Gasteiger charge is -2.23. The van der Waals surface area contributed by atoms with Crippen LogP contribution in [0, 0.1) is 0 Å². The van der Waals surface area contributed by atoms with Crippen LogP contribution in [0.1, 0.15) is 37.0 Å². The van der Waals surface area contributed by atoms with Gasteiger partial charge in [-0.15, -0.1) is 10.2 Å². The number of amides is 1. The van der Waals surface area contributed by atoms with Gasteiger partial charge in [0, 0.05) is 37.6 Å². The van der Waals surface area contributed by atoms with Gasteiger partial charge in [-0.3, -0.25) is 9.78 Å². The predicted molar refractivity (Wildman–Crippen MR) is 114 cm³/mol. The number of hydrogen-bond acceptors (Lipinski definition) is 5. The van der Waals surface area contributed by atoms with Crippen LogP contribution in [-0.2, 0) is 11.3 Å². The van der Waals surface area contributed by atoms with E-state index in [0.29, 0.717) is 0 Å². The molecule has 1 atom stereocenters. The molecule has 3 aromatic rings. The second-order valence-electron chi connectivity index (χ2n) is 7.13. The number of nitrogens with zero attached hydrogens (tertiary/aromatic N) is 5. The van der Waals surface area contributed by atoms with Gasteiger partial charge in [0.2, 0.25) is 5.91 Å². The normalized spacial score (nSPS) is 14.9. The first-order valence-electron chi connectivity index (χ1n) is 10.1. The van der Waals surface area contributed by atoms with Crippen molar-refractivity contribution in [2.45, 2.75) is 43.1 Å². The number of hydrogen-bond donors (Lipinski definition) is 0. The van der Waals surface area contributed by atoms with Gasteiger partial charge in [0.1, 0.15) is 5.25 Å². The average Bonchev–Trinajstić information content (AvgIpc) is 3.44. The summed E-state index contributed by atoms with van der Waals surface area (Å²) in [6, 6.07) is 13.9. The predicted octanol–water partition coefficient (Wildman–Crippen LogP) is 4.21. The molecule has 150 valence electrons. The molecular weight excluding hydrogens is 382 g/mol. The molecule has 1 fully saturated rings. The molecule has 1 aliphatic rings. The SMILES string of the molecule is CCCn1c(SC(C(=O)N2CCCC2)c2ccccc2)nnc1-c1ccncc1. The summed E-state index contributed by atoms with van der Waals surface area (Å²) in [5.41, 5.74) is 1.99. The third-order valence-corrected chi connectivity index (χ3v) is 6.29. The monoisotopic (exact) mass is 407 g/mol. The van der Waals surface area contributed by atoms with Crippen LogP contribution in [0.15, 0.2) is 60.0 Å². The summed E-state index contributed by atoms with van der Waals surface area (Å²) in [6.07, 6.45) is 6.64. The summed E-state index contributed by atoms with van der Waals surface area (Å²) in [5, 5.41) is 9.38. The lowest BCUT2D eigenvalue weighted by molar-refractivity contribution is -0.129. The van der Waals surface area contributed by atoms with Crippen molar-refractivity contribution < 1.29 is 4.79 Å². The number of pyridine rings is 1. The van der Waals surface area contributed by atoms with Crippen LogP contribution in [0.3, 0.4) is 0 Å². The largest absolute Gasteiger partial charge is 0.341 e. The van der Waals surface area contributed by atoms with E-state index in [-0.39, 0.29) is 11.2 Å². The zero-order valence-electron chi connectivity index (χ0n) is 16.6. The Kier molecular flexibility index (Phi) is 6.24. The quantitative estimate of drug-likeness (QED) is 0.549. The third-order valence-electron chi connectivity index (χ3n) is 5.07. The fraction of sp³-hybridized carbons (Fsp3) is 0.364. The Balaban J connectivity index is 1.68. The fourth-order valence-corrected chi connectivity index (χ4v) is 4.76. The number of aromatic nitrogens is 4. The molecule has 1 aliphatic heterocycles.